The van der Waals surface area contributed by atoms with Crippen LogP contribution < -0.4 is 4.89 Å². The second-order valence-corrected chi connectivity index (χ2v) is 4.99. The molecule has 0 radical (unpaired) electrons. The summed E-state index contributed by atoms with van der Waals surface area (Å²) in [7, 11) is 4.43. The van der Waals surface area contributed by atoms with Crippen LogP contribution in [0.15, 0.2) is 24.5 Å². The number of hydrogen-bond donors (Lipinski definition) is 0. The Kier molecular flexibility index (Phi) is 4.76. The minimum Gasteiger partial charge on any atom is -0.383 e. The van der Waals surface area contributed by atoms with E-state index >= 15 is 0 Å². The predicted molar refractivity (Wildman–Crippen MR) is 75.9 cm³/mol. The number of alkyl halides is 3. The van der Waals surface area contributed by atoms with Gasteiger partial charge in [-0.05, 0) is 24.6 Å². The largest absolute Gasteiger partial charge is 0.485 e. The summed E-state index contributed by atoms with van der Waals surface area (Å²) in [5.41, 5.74) is 2.33. The first-order valence-electron chi connectivity index (χ1n) is 6.53. The van der Waals surface area contributed by atoms with Crippen molar-refractivity contribution in [1.82, 2.24) is 24.6 Å². The summed E-state index contributed by atoms with van der Waals surface area (Å²) in [6, 6.07) is 3.27. The van der Waals surface area contributed by atoms with Gasteiger partial charge < -0.3 is 4.90 Å². The molecule has 0 aliphatic rings. The molecule has 0 saturated carbocycles. The Morgan fingerprint density at radius 2 is 1.96 bits per heavy atom. The lowest BCUT2D eigenvalue weighted by Gasteiger charge is -2.16. The Hall–Kier alpha value is -2.33. The van der Waals surface area contributed by atoms with Gasteiger partial charge in [0.05, 0.1) is 17.4 Å². The van der Waals surface area contributed by atoms with E-state index in [1.165, 1.54) is 10.7 Å². The topological polar surface area (TPSA) is 55.1 Å². The molecule has 2 rings (SSSR count). The molecule has 0 aromatic carbocycles. The van der Waals surface area contributed by atoms with Crippen molar-refractivity contribution >= 4 is 11.1 Å². The molecule has 0 saturated heterocycles. The van der Waals surface area contributed by atoms with E-state index in [4.69, 9.17) is 0 Å². The van der Waals surface area contributed by atoms with Gasteiger partial charge in [-0.3, -0.25) is 4.89 Å². The molecule has 0 aliphatic carbocycles. The first-order valence-corrected chi connectivity index (χ1v) is 6.53. The Labute approximate surface area is 130 Å². The van der Waals surface area contributed by atoms with Crippen LogP contribution in [0.1, 0.15) is 12.6 Å². The lowest BCUT2D eigenvalue weighted by Crippen LogP contribution is -2.35. The van der Waals surface area contributed by atoms with Crippen LogP contribution in [0.4, 0.5) is 13.2 Å². The number of hydrogen-bond acceptors (Lipinski definition) is 6. The van der Waals surface area contributed by atoms with Crippen LogP contribution in [0.3, 0.4) is 0 Å². The maximum Gasteiger partial charge on any atom is 0.485 e. The van der Waals surface area contributed by atoms with Crippen molar-refractivity contribution in [3.05, 3.63) is 30.2 Å². The van der Waals surface area contributed by atoms with E-state index in [9.17, 15) is 13.2 Å². The summed E-state index contributed by atoms with van der Waals surface area (Å²) >= 11 is 0. The van der Waals surface area contributed by atoms with Gasteiger partial charge in [-0.1, -0.05) is 10.1 Å². The van der Waals surface area contributed by atoms with Gasteiger partial charge in [0.25, 0.3) is 0 Å². The summed E-state index contributed by atoms with van der Waals surface area (Å²) in [5, 5.41) is 3.63. The number of fused-ring (bicyclic) bond motifs is 1. The van der Waals surface area contributed by atoms with Crippen LogP contribution >= 0.6 is 0 Å². The van der Waals surface area contributed by atoms with Gasteiger partial charge in [0.15, 0.2) is 0 Å². The molecule has 0 atom stereocenters. The molecule has 0 amide bonds. The molecule has 2 heterocycles. The van der Waals surface area contributed by atoms with Gasteiger partial charge in [0.1, 0.15) is 0 Å². The molecule has 0 aliphatic heterocycles. The molecule has 7 nitrogen and oxygen atoms in total. The van der Waals surface area contributed by atoms with E-state index in [0.29, 0.717) is 12.6 Å². The number of aromatic nitrogens is 3. The van der Waals surface area contributed by atoms with E-state index in [1.54, 1.807) is 6.07 Å². The highest BCUT2D eigenvalue weighted by Gasteiger charge is 2.37. The summed E-state index contributed by atoms with van der Waals surface area (Å²) in [6.45, 7) is 1.89. The van der Waals surface area contributed by atoms with Crippen molar-refractivity contribution in [1.29, 1.82) is 0 Å². The smallest absolute Gasteiger partial charge is 0.383 e. The first-order chi connectivity index (χ1) is 10.7. The van der Waals surface area contributed by atoms with Gasteiger partial charge >= 0.3 is 12.3 Å². The van der Waals surface area contributed by atoms with Crippen LogP contribution in [0, 0.1) is 0 Å². The number of allylic oxidation sites excluding steroid dienone is 1. The Balaban J connectivity index is 2.24. The molecule has 0 fully saturated rings. The Morgan fingerprint density at radius 3 is 2.57 bits per heavy atom. The molecular weight excluding hydrogens is 315 g/mol. The average Bonchev–Trinajstić information content (AvgIpc) is 2.86. The fourth-order valence-corrected chi connectivity index (χ4v) is 1.81. The summed E-state index contributed by atoms with van der Waals surface area (Å²) in [6.07, 6.45) is -1.38. The number of rotatable bonds is 5. The molecule has 0 spiro atoms. The highest BCUT2D eigenvalue weighted by Crippen LogP contribution is 2.21. The third kappa shape index (κ3) is 4.11. The number of halogens is 3. The monoisotopic (exact) mass is 331 g/mol. The quantitative estimate of drug-likeness (QED) is 0.476. The van der Waals surface area contributed by atoms with Crippen LogP contribution in [0.5, 0.6) is 6.01 Å². The zero-order valence-electron chi connectivity index (χ0n) is 13.0. The molecule has 0 bridgehead atoms. The van der Waals surface area contributed by atoms with Crippen LogP contribution in [-0.4, -0.2) is 52.0 Å². The first kappa shape index (κ1) is 17.0. The van der Waals surface area contributed by atoms with Crippen molar-refractivity contribution < 1.29 is 23.0 Å². The zero-order valence-corrected chi connectivity index (χ0v) is 13.0. The SMILES string of the molecule is C/C(=C\N(C)C)c1ccc2cnc(OON(C)C(F)(F)F)nn12. The molecule has 10 heteroatoms. The average molecular weight is 331 g/mol. The second kappa shape index (κ2) is 6.42. The van der Waals surface area contributed by atoms with Crippen molar-refractivity contribution in [2.45, 2.75) is 13.2 Å². The minimum atomic E-state index is -4.69. The normalized spacial score (nSPS) is 13.0. The highest BCUT2D eigenvalue weighted by molar-refractivity contribution is 5.65. The Bertz CT molecular complexity index is 711. The highest BCUT2D eigenvalue weighted by atomic mass is 19.4. The fraction of sp³-hybridized carbons (Fsp3) is 0.385. The molecule has 0 unspecified atom stereocenters. The Morgan fingerprint density at radius 1 is 1.26 bits per heavy atom. The second-order valence-electron chi connectivity index (χ2n) is 4.99. The maximum absolute atomic E-state index is 12.3. The molecule has 126 valence electrons. The van der Waals surface area contributed by atoms with Crippen LogP contribution in [0.25, 0.3) is 11.1 Å². The molecule has 2 aromatic rings. The maximum atomic E-state index is 12.3. The zero-order chi connectivity index (χ0) is 17.2. The van der Waals surface area contributed by atoms with Gasteiger partial charge in [0, 0.05) is 27.3 Å². The van der Waals surface area contributed by atoms with Gasteiger partial charge in [0.2, 0.25) is 0 Å². The predicted octanol–water partition coefficient (Wildman–Crippen LogP) is 2.33. The van der Waals surface area contributed by atoms with Crippen molar-refractivity contribution in [3.8, 4) is 6.01 Å². The summed E-state index contributed by atoms with van der Waals surface area (Å²) < 4.78 is 38.4. The van der Waals surface area contributed by atoms with E-state index < -0.39 is 11.4 Å². The standard InChI is InChI=1S/C13H16F3N5O2/c1-9(8-19(2)3)11-6-5-10-7-17-12(18-21(10)11)22-23-20(4)13(14,15)16/h5-8H,1-4H3/b9-8+. The molecule has 2 aromatic heterocycles. The third-order valence-electron chi connectivity index (χ3n) is 2.81. The molecule has 23 heavy (non-hydrogen) atoms. The van der Waals surface area contributed by atoms with Gasteiger partial charge in [-0.2, -0.15) is 18.2 Å². The van der Waals surface area contributed by atoms with Gasteiger partial charge in [-0.15, -0.1) is 5.10 Å². The lowest BCUT2D eigenvalue weighted by atomic mass is 10.2. The van der Waals surface area contributed by atoms with E-state index in [1.807, 2.05) is 38.2 Å². The van der Waals surface area contributed by atoms with E-state index in [-0.39, 0.29) is 6.01 Å². The minimum absolute atomic E-state index is 0.344. The van der Waals surface area contributed by atoms with E-state index in [2.05, 4.69) is 20.0 Å². The van der Waals surface area contributed by atoms with E-state index in [0.717, 1.165) is 11.3 Å². The third-order valence-corrected chi connectivity index (χ3v) is 2.81. The fourth-order valence-electron chi connectivity index (χ4n) is 1.81. The number of hydroxylamine groups is 2. The van der Waals surface area contributed by atoms with Crippen molar-refractivity contribution in [3.63, 3.8) is 0 Å². The van der Waals surface area contributed by atoms with Crippen molar-refractivity contribution in [2.24, 2.45) is 0 Å². The van der Waals surface area contributed by atoms with Crippen LogP contribution in [-0.2, 0) is 4.99 Å². The van der Waals surface area contributed by atoms with Crippen molar-refractivity contribution in [2.75, 3.05) is 21.1 Å². The number of nitrogens with zero attached hydrogens (tertiary/aromatic N) is 5. The van der Waals surface area contributed by atoms with Gasteiger partial charge in [-0.25, -0.2) is 4.52 Å². The molecular formula is C13H16F3N5O2. The lowest BCUT2D eigenvalue weighted by molar-refractivity contribution is -0.462. The summed E-state index contributed by atoms with van der Waals surface area (Å²) in [5.74, 6) is 0. The molecule has 0 N–H and O–H groups in total. The summed E-state index contributed by atoms with van der Waals surface area (Å²) in [4.78, 5) is 14.3. The van der Waals surface area contributed by atoms with Crippen LogP contribution in [0.2, 0.25) is 0 Å².